The highest BCUT2D eigenvalue weighted by Gasteiger charge is 2.20. The van der Waals surface area contributed by atoms with E-state index in [1.165, 1.54) is 0 Å². The zero-order valence-electron chi connectivity index (χ0n) is 10.4. The lowest BCUT2D eigenvalue weighted by Gasteiger charge is -2.13. The van der Waals surface area contributed by atoms with E-state index in [1.54, 1.807) is 0 Å². The van der Waals surface area contributed by atoms with Gasteiger partial charge in [-0.1, -0.05) is 27.7 Å². The Morgan fingerprint density at radius 3 is 1.62 bits per heavy atom. The first kappa shape index (κ1) is 14.7. The smallest absolute Gasteiger partial charge is 0.332 e. The van der Waals surface area contributed by atoms with Crippen molar-refractivity contribution in [3.63, 3.8) is 0 Å². The third-order valence-electron chi connectivity index (χ3n) is 2.14. The van der Waals surface area contributed by atoms with Crippen LogP contribution < -0.4 is 5.73 Å². The molecule has 4 heteroatoms. The first-order chi connectivity index (χ1) is 7.25. The summed E-state index contributed by atoms with van der Waals surface area (Å²) in [6.45, 7) is 7.68. The van der Waals surface area contributed by atoms with Crippen LogP contribution in [0.1, 0.15) is 40.5 Å². The molecule has 0 aromatic heterocycles. The third-order valence-corrected chi connectivity index (χ3v) is 2.14. The van der Waals surface area contributed by atoms with Gasteiger partial charge in [0.15, 0.2) is 0 Å². The Morgan fingerprint density at radius 2 is 1.38 bits per heavy atom. The largest absolute Gasteiger partial charge is 0.478 e. The molecule has 3 N–H and O–H groups in total. The second-order valence-corrected chi connectivity index (χ2v) is 4.82. The van der Waals surface area contributed by atoms with E-state index in [9.17, 15) is 9.59 Å². The number of carbonyl (C=O) groups excluding carboxylic acids is 1. The standard InChI is InChI=1S/C12H21NO3/c1-7(2)5-9(11(13)14)10(12(15)16)6-8(3)4/h7-8H,5-6H2,1-4H3,(H2,13,14)(H,15,16)/b10-9-. The van der Waals surface area contributed by atoms with Gasteiger partial charge in [-0.3, -0.25) is 4.79 Å². The maximum atomic E-state index is 11.3. The zero-order chi connectivity index (χ0) is 12.9. The first-order valence-corrected chi connectivity index (χ1v) is 5.50. The molecule has 0 fully saturated rings. The van der Waals surface area contributed by atoms with Crippen LogP contribution in [0.3, 0.4) is 0 Å². The van der Waals surface area contributed by atoms with E-state index in [1.807, 2.05) is 27.7 Å². The van der Waals surface area contributed by atoms with E-state index >= 15 is 0 Å². The number of primary amides is 1. The summed E-state index contributed by atoms with van der Waals surface area (Å²) in [5.41, 5.74) is 5.66. The van der Waals surface area contributed by atoms with Crippen LogP contribution in [0.15, 0.2) is 11.1 Å². The highest BCUT2D eigenvalue weighted by Crippen LogP contribution is 2.21. The van der Waals surface area contributed by atoms with Crippen LogP contribution in [0, 0.1) is 11.8 Å². The van der Waals surface area contributed by atoms with Gasteiger partial charge in [0.05, 0.1) is 0 Å². The lowest BCUT2D eigenvalue weighted by Crippen LogP contribution is -2.21. The SMILES string of the molecule is CC(C)C/C(C(N)=O)=C(\CC(C)C)C(=O)O. The van der Waals surface area contributed by atoms with Gasteiger partial charge in [-0.05, 0) is 24.7 Å². The number of nitrogens with two attached hydrogens (primary N) is 1. The lowest BCUT2D eigenvalue weighted by molar-refractivity contribution is -0.133. The van der Waals surface area contributed by atoms with Crippen molar-refractivity contribution < 1.29 is 14.7 Å². The average Bonchev–Trinajstić information content (AvgIpc) is 2.09. The molecule has 1 amide bonds. The Hall–Kier alpha value is -1.32. The fourth-order valence-electron chi connectivity index (χ4n) is 1.53. The van der Waals surface area contributed by atoms with Crippen LogP contribution in [0.2, 0.25) is 0 Å². The first-order valence-electron chi connectivity index (χ1n) is 5.50. The molecular weight excluding hydrogens is 206 g/mol. The Labute approximate surface area is 96.5 Å². The molecule has 4 nitrogen and oxygen atoms in total. The van der Waals surface area contributed by atoms with E-state index in [0.29, 0.717) is 12.8 Å². The van der Waals surface area contributed by atoms with E-state index in [-0.39, 0.29) is 23.0 Å². The van der Waals surface area contributed by atoms with E-state index in [4.69, 9.17) is 10.8 Å². The van der Waals surface area contributed by atoms with Gasteiger partial charge in [-0.15, -0.1) is 0 Å². The molecule has 0 aromatic rings. The minimum Gasteiger partial charge on any atom is -0.478 e. The van der Waals surface area contributed by atoms with Gasteiger partial charge >= 0.3 is 5.97 Å². The fourth-order valence-corrected chi connectivity index (χ4v) is 1.53. The lowest BCUT2D eigenvalue weighted by atomic mass is 9.92. The number of carboxylic acids is 1. The molecule has 0 radical (unpaired) electrons. The van der Waals surface area contributed by atoms with E-state index in [2.05, 4.69) is 0 Å². The number of carbonyl (C=O) groups is 2. The molecule has 92 valence electrons. The molecule has 16 heavy (non-hydrogen) atoms. The zero-order valence-corrected chi connectivity index (χ0v) is 10.4. The maximum absolute atomic E-state index is 11.3. The molecule has 0 aliphatic rings. The number of aliphatic carboxylic acids is 1. The van der Waals surface area contributed by atoms with Crippen molar-refractivity contribution in [3.8, 4) is 0 Å². The molecule has 0 aliphatic carbocycles. The Morgan fingerprint density at radius 1 is 1.00 bits per heavy atom. The predicted octanol–water partition coefficient (Wildman–Crippen LogP) is 1.95. The summed E-state index contributed by atoms with van der Waals surface area (Å²) in [4.78, 5) is 22.4. The topological polar surface area (TPSA) is 80.4 Å². The molecule has 0 bridgehead atoms. The minimum atomic E-state index is -1.04. The summed E-state index contributed by atoms with van der Waals surface area (Å²) in [6.07, 6.45) is 0.796. The predicted molar refractivity (Wildman–Crippen MR) is 62.8 cm³/mol. The summed E-state index contributed by atoms with van der Waals surface area (Å²) in [5, 5.41) is 9.09. The van der Waals surface area contributed by atoms with Crippen LogP contribution >= 0.6 is 0 Å². The highest BCUT2D eigenvalue weighted by molar-refractivity contribution is 6.01. The van der Waals surface area contributed by atoms with Gasteiger partial charge in [0.2, 0.25) is 5.91 Å². The van der Waals surface area contributed by atoms with Crippen LogP contribution in [-0.4, -0.2) is 17.0 Å². The number of rotatable bonds is 6. The average molecular weight is 227 g/mol. The number of hydrogen-bond donors (Lipinski definition) is 2. The molecule has 0 unspecified atom stereocenters. The van der Waals surface area contributed by atoms with Crippen molar-refractivity contribution in [1.29, 1.82) is 0 Å². The molecule has 0 heterocycles. The van der Waals surface area contributed by atoms with Crippen LogP contribution in [0.25, 0.3) is 0 Å². The molecule has 0 saturated heterocycles. The summed E-state index contributed by atoms with van der Waals surface area (Å²) >= 11 is 0. The summed E-state index contributed by atoms with van der Waals surface area (Å²) in [5.74, 6) is -1.26. The molecule has 0 aliphatic heterocycles. The van der Waals surface area contributed by atoms with Gasteiger partial charge in [-0.25, -0.2) is 4.79 Å². The van der Waals surface area contributed by atoms with Gasteiger partial charge in [0.1, 0.15) is 0 Å². The molecule has 0 aromatic carbocycles. The maximum Gasteiger partial charge on any atom is 0.332 e. The summed E-state index contributed by atoms with van der Waals surface area (Å²) < 4.78 is 0. The molecule has 0 spiro atoms. The number of hydrogen-bond acceptors (Lipinski definition) is 2. The quantitative estimate of drug-likeness (QED) is 0.680. The van der Waals surface area contributed by atoms with Crippen molar-refractivity contribution in [2.75, 3.05) is 0 Å². The summed E-state index contributed by atoms with van der Waals surface area (Å²) in [7, 11) is 0. The molecule has 0 rings (SSSR count). The Kier molecular flexibility index (Phi) is 5.78. The second kappa shape index (κ2) is 6.30. The summed E-state index contributed by atoms with van der Waals surface area (Å²) in [6, 6.07) is 0. The van der Waals surface area contributed by atoms with Crippen molar-refractivity contribution >= 4 is 11.9 Å². The van der Waals surface area contributed by atoms with Gasteiger partial charge in [0, 0.05) is 11.1 Å². The number of amides is 1. The van der Waals surface area contributed by atoms with Crippen molar-refractivity contribution in [2.24, 2.45) is 17.6 Å². The second-order valence-electron chi connectivity index (χ2n) is 4.82. The Bertz CT molecular complexity index is 273. The van der Waals surface area contributed by atoms with Crippen LogP contribution in [0.4, 0.5) is 0 Å². The van der Waals surface area contributed by atoms with Crippen molar-refractivity contribution in [3.05, 3.63) is 11.1 Å². The van der Waals surface area contributed by atoms with Gasteiger partial charge in [-0.2, -0.15) is 0 Å². The van der Waals surface area contributed by atoms with E-state index < -0.39 is 11.9 Å². The minimum absolute atomic E-state index is 0.163. The monoisotopic (exact) mass is 227 g/mol. The van der Waals surface area contributed by atoms with E-state index in [0.717, 1.165) is 0 Å². The highest BCUT2D eigenvalue weighted by atomic mass is 16.4. The van der Waals surface area contributed by atoms with Crippen molar-refractivity contribution in [2.45, 2.75) is 40.5 Å². The fraction of sp³-hybridized carbons (Fsp3) is 0.667. The van der Waals surface area contributed by atoms with Crippen LogP contribution in [0.5, 0.6) is 0 Å². The number of carboxylic acid groups (broad SMARTS) is 1. The van der Waals surface area contributed by atoms with Gasteiger partial charge in [0.25, 0.3) is 0 Å². The third kappa shape index (κ3) is 4.96. The molecule has 0 saturated carbocycles. The van der Waals surface area contributed by atoms with Crippen molar-refractivity contribution in [1.82, 2.24) is 0 Å². The Balaban J connectivity index is 5.26. The van der Waals surface area contributed by atoms with Gasteiger partial charge < -0.3 is 10.8 Å². The normalized spacial score (nSPS) is 12.9. The van der Waals surface area contributed by atoms with Crippen LogP contribution in [-0.2, 0) is 9.59 Å². The molecular formula is C12H21NO3. The molecule has 0 atom stereocenters.